The molecule has 0 saturated carbocycles. The maximum Gasteiger partial charge on any atom is 0.219 e. The highest BCUT2D eigenvalue weighted by atomic mass is 16.3. The predicted molar refractivity (Wildman–Crippen MR) is 97.1 cm³/mol. The van der Waals surface area contributed by atoms with E-state index in [0.717, 1.165) is 57.5 Å². The molecule has 2 fully saturated rings. The van der Waals surface area contributed by atoms with Gasteiger partial charge in [0.15, 0.2) is 0 Å². The average molecular weight is 352 g/mol. The maximum atomic E-state index is 11.4. The van der Waals surface area contributed by atoms with Gasteiger partial charge in [-0.1, -0.05) is 12.2 Å². The number of carbonyl (C=O) groups excluding carboxylic acids is 2. The number of piperazine rings is 1. The quantitative estimate of drug-likeness (QED) is 0.506. The summed E-state index contributed by atoms with van der Waals surface area (Å²) in [7, 11) is 0. The van der Waals surface area contributed by atoms with Gasteiger partial charge in [0, 0.05) is 64.8 Å². The summed E-state index contributed by atoms with van der Waals surface area (Å²) in [5.74, 6) is 0.121. The Labute approximate surface area is 150 Å². The second-order valence-electron chi connectivity index (χ2n) is 7.41. The molecule has 2 rings (SSSR count). The van der Waals surface area contributed by atoms with E-state index in [1.54, 1.807) is 6.92 Å². The van der Waals surface area contributed by atoms with Crippen molar-refractivity contribution in [3.05, 3.63) is 12.2 Å². The van der Waals surface area contributed by atoms with E-state index >= 15 is 0 Å². The molecule has 2 heterocycles. The number of hydrogen-bond donors (Lipinski definition) is 2. The van der Waals surface area contributed by atoms with Crippen molar-refractivity contribution < 1.29 is 14.7 Å². The number of carbonyl (C=O) groups is 2. The number of aliphatic hydroxyl groups excluding tert-OH is 1. The third-order valence-electron chi connectivity index (χ3n) is 5.25. The van der Waals surface area contributed by atoms with Crippen LogP contribution in [-0.2, 0) is 9.59 Å². The third-order valence-corrected chi connectivity index (χ3v) is 5.25. The van der Waals surface area contributed by atoms with Crippen LogP contribution in [0.25, 0.3) is 0 Å². The predicted octanol–water partition coefficient (Wildman–Crippen LogP) is -0.333. The van der Waals surface area contributed by atoms with Gasteiger partial charge in [-0.3, -0.25) is 19.4 Å². The summed E-state index contributed by atoms with van der Waals surface area (Å²) >= 11 is 0. The molecule has 2 aliphatic heterocycles. The summed E-state index contributed by atoms with van der Waals surface area (Å²) in [4.78, 5) is 28.4. The van der Waals surface area contributed by atoms with Crippen LogP contribution in [0.2, 0.25) is 0 Å². The standard InChI is InChI=1S/C18H32N4O3/c1-14-8-17(19-13-23)9-15(2)22(10-14)12-18(25)11-20-4-6-21(7-5-20)16(3)24/h13,15,17-18,25H,1,4-12H2,2-3H3,(H,19,23). The molecule has 0 aromatic heterocycles. The van der Waals surface area contributed by atoms with Crippen molar-refractivity contribution in [1.82, 2.24) is 20.0 Å². The van der Waals surface area contributed by atoms with Crippen LogP contribution in [0.3, 0.4) is 0 Å². The van der Waals surface area contributed by atoms with E-state index in [9.17, 15) is 14.7 Å². The number of β-amino-alcohol motifs (C(OH)–C–C–N with tert-alkyl or cyclic N) is 1. The maximum absolute atomic E-state index is 11.4. The molecule has 25 heavy (non-hydrogen) atoms. The molecule has 2 N–H and O–H groups in total. The van der Waals surface area contributed by atoms with Gasteiger partial charge in [-0.25, -0.2) is 0 Å². The van der Waals surface area contributed by atoms with E-state index in [-0.39, 0.29) is 18.0 Å². The van der Waals surface area contributed by atoms with Crippen LogP contribution < -0.4 is 5.32 Å². The zero-order chi connectivity index (χ0) is 18.4. The lowest BCUT2D eigenvalue weighted by Crippen LogP contribution is -2.51. The van der Waals surface area contributed by atoms with Crippen molar-refractivity contribution in [3.63, 3.8) is 0 Å². The molecular weight excluding hydrogens is 320 g/mol. The second-order valence-corrected chi connectivity index (χ2v) is 7.41. The van der Waals surface area contributed by atoms with Crippen molar-refractivity contribution in [1.29, 1.82) is 0 Å². The third kappa shape index (κ3) is 6.09. The Morgan fingerprint density at radius 2 is 2.04 bits per heavy atom. The lowest BCUT2D eigenvalue weighted by Gasteiger charge is -2.36. The van der Waals surface area contributed by atoms with Gasteiger partial charge in [0.05, 0.1) is 6.10 Å². The summed E-state index contributed by atoms with van der Waals surface area (Å²) in [6.45, 7) is 12.9. The van der Waals surface area contributed by atoms with Gasteiger partial charge in [0.25, 0.3) is 0 Å². The van der Waals surface area contributed by atoms with Gasteiger partial charge in [-0.15, -0.1) is 0 Å². The molecule has 2 aliphatic rings. The van der Waals surface area contributed by atoms with Gasteiger partial charge in [0.1, 0.15) is 0 Å². The molecule has 0 spiro atoms. The molecule has 7 heteroatoms. The number of amides is 2. The van der Waals surface area contributed by atoms with Crippen molar-refractivity contribution in [2.45, 2.75) is 44.9 Å². The molecule has 3 unspecified atom stereocenters. The summed E-state index contributed by atoms with van der Waals surface area (Å²) in [5, 5.41) is 13.4. The highest BCUT2D eigenvalue weighted by Gasteiger charge is 2.27. The molecule has 0 aromatic rings. The Bertz CT molecular complexity index is 477. The van der Waals surface area contributed by atoms with E-state index in [1.807, 2.05) is 4.90 Å². The summed E-state index contributed by atoms with van der Waals surface area (Å²) in [6, 6.07) is 0.405. The van der Waals surface area contributed by atoms with Crippen molar-refractivity contribution >= 4 is 12.3 Å². The SMILES string of the molecule is C=C1CC(NC=O)CC(C)N(CC(O)CN2CCN(C(C)=O)CC2)C1. The number of nitrogens with zero attached hydrogens (tertiary/aromatic N) is 3. The minimum atomic E-state index is -0.435. The number of aliphatic hydroxyl groups is 1. The Kier molecular flexibility index (Phi) is 7.40. The molecule has 3 atom stereocenters. The summed E-state index contributed by atoms with van der Waals surface area (Å²) in [6.07, 6.45) is 1.98. The first kappa shape index (κ1) is 19.9. The topological polar surface area (TPSA) is 76.1 Å². The number of nitrogens with one attached hydrogen (secondary N) is 1. The summed E-state index contributed by atoms with van der Waals surface area (Å²) < 4.78 is 0. The smallest absolute Gasteiger partial charge is 0.219 e. The van der Waals surface area contributed by atoms with Gasteiger partial charge in [-0.05, 0) is 19.8 Å². The molecule has 0 aliphatic carbocycles. The van der Waals surface area contributed by atoms with Crippen LogP contribution in [0.15, 0.2) is 12.2 Å². The van der Waals surface area contributed by atoms with E-state index < -0.39 is 6.10 Å². The number of rotatable bonds is 6. The van der Waals surface area contributed by atoms with E-state index in [4.69, 9.17) is 0 Å². The van der Waals surface area contributed by atoms with E-state index in [1.165, 1.54) is 0 Å². The molecular formula is C18H32N4O3. The molecule has 2 saturated heterocycles. The monoisotopic (exact) mass is 352 g/mol. The Hall–Kier alpha value is -1.44. The molecule has 7 nitrogen and oxygen atoms in total. The van der Waals surface area contributed by atoms with Gasteiger partial charge < -0.3 is 15.3 Å². The van der Waals surface area contributed by atoms with Crippen LogP contribution in [0.1, 0.15) is 26.7 Å². The number of likely N-dealkylation sites (tertiary alicyclic amines) is 1. The van der Waals surface area contributed by atoms with E-state index in [2.05, 4.69) is 28.6 Å². The van der Waals surface area contributed by atoms with Crippen LogP contribution in [-0.4, -0.2) is 96.1 Å². The Morgan fingerprint density at radius 1 is 1.36 bits per heavy atom. The molecule has 0 bridgehead atoms. The minimum absolute atomic E-state index is 0.121. The highest BCUT2D eigenvalue weighted by Crippen LogP contribution is 2.20. The average Bonchev–Trinajstić information content (AvgIpc) is 2.66. The van der Waals surface area contributed by atoms with Crippen molar-refractivity contribution in [3.8, 4) is 0 Å². The molecule has 0 radical (unpaired) electrons. The van der Waals surface area contributed by atoms with Crippen molar-refractivity contribution in [2.24, 2.45) is 0 Å². The Balaban J connectivity index is 1.81. The zero-order valence-electron chi connectivity index (χ0n) is 15.5. The molecule has 142 valence electrons. The first-order valence-electron chi connectivity index (χ1n) is 9.15. The lowest BCUT2D eigenvalue weighted by atomic mass is 10.0. The normalized spacial score (nSPS) is 27.6. The van der Waals surface area contributed by atoms with Crippen molar-refractivity contribution in [2.75, 3.05) is 45.8 Å². The van der Waals surface area contributed by atoms with Crippen LogP contribution in [0.4, 0.5) is 0 Å². The van der Waals surface area contributed by atoms with Gasteiger partial charge in [0.2, 0.25) is 12.3 Å². The fourth-order valence-electron chi connectivity index (χ4n) is 3.84. The second kappa shape index (κ2) is 9.31. The number of hydrogen-bond acceptors (Lipinski definition) is 5. The molecule has 0 aromatic carbocycles. The fraction of sp³-hybridized carbons (Fsp3) is 0.778. The Morgan fingerprint density at radius 3 is 2.64 bits per heavy atom. The van der Waals surface area contributed by atoms with Gasteiger partial charge >= 0.3 is 0 Å². The van der Waals surface area contributed by atoms with Crippen LogP contribution in [0.5, 0.6) is 0 Å². The molecule has 2 amide bonds. The first-order valence-corrected chi connectivity index (χ1v) is 9.15. The zero-order valence-corrected chi connectivity index (χ0v) is 15.5. The fourth-order valence-corrected chi connectivity index (χ4v) is 3.84. The van der Waals surface area contributed by atoms with Crippen LogP contribution >= 0.6 is 0 Å². The first-order chi connectivity index (χ1) is 11.9. The van der Waals surface area contributed by atoms with Crippen LogP contribution in [0, 0.1) is 0 Å². The van der Waals surface area contributed by atoms with Gasteiger partial charge in [-0.2, -0.15) is 0 Å². The van der Waals surface area contributed by atoms with E-state index in [0.29, 0.717) is 13.1 Å². The highest BCUT2D eigenvalue weighted by molar-refractivity contribution is 5.73. The minimum Gasteiger partial charge on any atom is -0.390 e. The summed E-state index contributed by atoms with van der Waals surface area (Å²) in [5.41, 5.74) is 1.09. The lowest BCUT2D eigenvalue weighted by molar-refractivity contribution is -0.130. The largest absolute Gasteiger partial charge is 0.390 e.